The molecule has 1 aliphatic rings. The Morgan fingerprint density at radius 3 is 2.48 bits per heavy atom. The number of rotatable bonds is 4. The zero-order chi connectivity index (χ0) is 17.8. The number of benzene rings is 2. The maximum atomic E-state index is 12.9. The van der Waals surface area contributed by atoms with Gasteiger partial charge in [0.1, 0.15) is 11.5 Å². The van der Waals surface area contributed by atoms with E-state index in [1.165, 1.54) is 17.1 Å². The van der Waals surface area contributed by atoms with E-state index in [0.717, 1.165) is 5.56 Å². The predicted molar refractivity (Wildman–Crippen MR) is 93.9 cm³/mol. The lowest BCUT2D eigenvalue weighted by Crippen LogP contribution is -2.38. The van der Waals surface area contributed by atoms with Crippen LogP contribution in [0.4, 0.5) is 10.1 Å². The second-order valence-corrected chi connectivity index (χ2v) is 5.97. The molecule has 0 aliphatic carbocycles. The Morgan fingerprint density at radius 1 is 1.12 bits per heavy atom. The molecule has 0 aromatic heterocycles. The van der Waals surface area contributed by atoms with E-state index < -0.39 is 0 Å². The monoisotopic (exact) mass is 359 g/mol. The molecule has 1 heterocycles. The van der Waals surface area contributed by atoms with E-state index in [1.54, 1.807) is 36.4 Å². The second kappa shape index (κ2) is 7.44. The summed E-state index contributed by atoms with van der Waals surface area (Å²) in [6, 6.07) is 12.5. The van der Waals surface area contributed by atoms with Crippen LogP contribution < -0.4 is 10.3 Å². The molecule has 3 rings (SSSR count). The Morgan fingerprint density at radius 2 is 1.80 bits per heavy atom. The summed E-state index contributed by atoms with van der Waals surface area (Å²) in [6.07, 6.45) is 0.476. The molecule has 0 unspecified atom stereocenters. The van der Waals surface area contributed by atoms with Crippen LogP contribution in [0.15, 0.2) is 53.6 Å². The van der Waals surface area contributed by atoms with Crippen molar-refractivity contribution in [2.24, 2.45) is 5.10 Å². The Bertz CT molecular complexity index is 819. The van der Waals surface area contributed by atoms with Gasteiger partial charge < -0.3 is 5.32 Å². The average molecular weight is 360 g/mol. The summed E-state index contributed by atoms with van der Waals surface area (Å²) in [5.74, 6) is -0.864. The van der Waals surface area contributed by atoms with Gasteiger partial charge in [-0.25, -0.2) is 9.40 Å². The summed E-state index contributed by atoms with van der Waals surface area (Å²) >= 11 is 5.85. The van der Waals surface area contributed by atoms with Gasteiger partial charge in [-0.2, -0.15) is 5.10 Å². The van der Waals surface area contributed by atoms with E-state index in [1.807, 2.05) is 0 Å². The summed E-state index contributed by atoms with van der Waals surface area (Å²) in [4.78, 5) is 24.4. The molecule has 25 heavy (non-hydrogen) atoms. The highest BCUT2D eigenvalue weighted by Gasteiger charge is 2.25. The normalized spacial score (nSPS) is 14.2. The molecule has 1 aliphatic heterocycles. The Hall–Kier alpha value is -2.73. The molecule has 1 N–H and O–H groups in total. The van der Waals surface area contributed by atoms with Gasteiger partial charge in [-0.3, -0.25) is 9.59 Å². The van der Waals surface area contributed by atoms with Gasteiger partial charge >= 0.3 is 0 Å². The van der Waals surface area contributed by atoms with Gasteiger partial charge in [0.25, 0.3) is 5.91 Å². The van der Waals surface area contributed by atoms with E-state index in [4.69, 9.17) is 11.6 Å². The molecule has 2 aromatic rings. The molecule has 128 valence electrons. The average Bonchev–Trinajstić information content (AvgIpc) is 2.62. The quantitative estimate of drug-likeness (QED) is 0.910. The number of carbonyl (C=O) groups is 2. The third kappa shape index (κ3) is 4.22. The summed E-state index contributed by atoms with van der Waals surface area (Å²) in [7, 11) is 0. The van der Waals surface area contributed by atoms with Crippen LogP contribution >= 0.6 is 11.6 Å². The molecule has 2 aromatic carbocycles. The second-order valence-electron chi connectivity index (χ2n) is 5.54. The fourth-order valence-corrected chi connectivity index (χ4v) is 2.51. The molecule has 0 atom stereocenters. The molecule has 0 fully saturated rings. The maximum absolute atomic E-state index is 12.9. The lowest BCUT2D eigenvalue weighted by molar-refractivity contribution is -0.119. The van der Waals surface area contributed by atoms with Gasteiger partial charge in [-0.15, -0.1) is 0 Å². The van der Waals surface area contributed by atoms with Crippen LogP contribution in [0.5, 0.6) is 0 Å². The van der Waals surface area contributed by atoms with Gasteiger partial charge in [-0.1, -0.05) is 23.7 Å². The van der Waals surface area contributed by atoms with Crippen LogP contribution in [0, 0.1) is 5.82 Å². The van der Waals surface area contributed by atoms with Crippen LogP contribution in [-0.4, -0.2) is 17.5 Å². The van der Waals surface area contributed by atoms with Crippen molar-refractivity contribution in [1.29, 1.82) is 0 Å². The molecule has 2 amide bonds. The molecule has 0 saturated carbocycles. The molecule has 0 bridgehead atoms. The summed E-state index contributed by atoms with van der Waals surface area (Å²) in [5, 5.41) is 8.67. The van der Waals surface area contributed by atoms with Crippen LogP contribution in [-0.2, 0) is 16.1 Å². The Balaban J connectivity index is 1.70. The van der Waals surface area contributed by atoms with E-state index in [-0.39, 0.29) is 42.7 Å². The zero-order valence-corrected chi connectivity index (χ0v) is 14.0. The van der Waals surface area contributed by atoms with E-state index in [9.17, 15) is 14.0 Å². The highest BCUT2D eigenvalue weighted by Crippen LogP contribution is 2.22. The topological polar surface area (TPSA) is 61.8 Å². The van der Waals surface area contributed by atoms with Crippen LogP contribution in [0.1, 0.15) is 18.4 Å². The standard InChI is InChI=1S/C18H15ClFN3O2/c19-13-3-7-15(8-4-13)23-17(24)10-9-16(22-23)18(25)21-11-12-1-5-14(20)6-2-12/h1-8H,9-11H2,(H,21,25). The molecule has 0 radical (unpaired) electrons. The van der Waals surface area contributed by atoms with Crippen LogP contribution in [0.2, 0.25) is 5.02 Å². The SMILES string of the molecule is O=C(NCc1ccc(F)cc1)C1=NN(c2ccc(Cl)cc2)C(=O)CC1. The highest BCUT2D eigenvalue weighted by atomic mass is 35.5. The summed E-state index contributed by atoms with van der Waals surface area (Å²) < 4.78 is 12.9. The van der Waals surface area contributed by atoms with Crippen molar-refractivity contribution in [2.45, 2.75) is 19.4 Å². The molecule has 0 spiro atoms. The molecular weight excluding hydrogens is 345 g/mol. The number of amides is 2. The number of halogens is 2. The maximum Gasteiger partial charge on any atom is 0.267 e. The van der Waals surface area contributed by atoms with Crippen molar-refractivity contribution in [1.82, 2.24) is 5.32 Å². The summed E-state index contributed by atoms with van der Waals surface area (Å²) in [6.45, 7) is 0.257. The van der Waals surface area contributed by atoms with E-state index in [2.05, 4.69) is 10.4 Å². The minimum atomic E-state index is -0.351. The van der Waals surface area contributed by atoms with Crippen molar-refractivity contribution >= 4 is 34.8 Å². The van der Waals surface area contributed by atoms with Gasteiger partial charge in [0.15, 0.2) is 0 Å². The molecule has 7 heteroatoms. The first-order chi connectivity index (χ1) is 12.0. The Kier molecular flexibility index (Phi) is 5.09. The van der Waals surface area contributed by atoms with Crippen molar-refractivity contribution in [2.75, 3.05) is 5.01 Å². The Labute approximate surface area is 149 Å². The number of nitrogens with one attached hydrogen (secondary N) is 1. The van der Waals surface area contributed by atoms with Crippen molar-refractivity contribution in [3.05, 3.63) is 64.9 Å². The van der Waals surface area contributed by atoms with Gasteiger partial charge in [-0.05, 0) is 42.0 Å². The van der Waals surface area contributed by atoms with Crippen LogP contribution in [0.3, 0.4) is 0 Å². The molecule has 0 saturated heterocycles. The van der Waals surface area contributed by atoms with E-state index in [0.29, 0.717) is 10.7 Å². The predicted octanol–water partition coefficient (Wildman–Crippen LogP) is 3.28. The van der Waals surface area contributed by atoms with Gasteiger partial charge in [0.05, 0.1) is 5.69 Å². The lowest BCUT2D eigenvalue weighted by Gasteiger charge is -2.23. The van der Waals surface area contributed by atoms with Crippen molar-refractivity contribution < 1.29 is 14.0 Å². The lowest BCUT2D eigenvalue weighted by atomic mass is 10.1. The number of carbonyl (C=O) groups excluding carboxylic acids is 2. The smallest absolute Gasteiger partial charge is 0.267 e. The third-order valence-corrected chi connectivity index (χ3v) is 3.98. The number of anilines is 1. The first kappa shape index (κ1) is 17.1. The number of nitrogens with zero attached hydrogens (tertiary/aromatic N) is 2. The zero-order valence-electron chi connectivity index (χ0n) is 13.2. The van der Waals surface area contributed by atoms with Gasteiger partial charge in [0, 0.05) is 24.4 Å². The largest absolute Gasteiger partial charge is 0.347 e. The first-order valence-corrected chi connectivity index (χ1v) is 8.09. The molecule has 5 nitrogen and oxygen atoms in total. The van der Waals surface area contributed by atoms with Crippen molar-refractivity contribution in [3.8, 4) is 0 Å². The first-order valence-electron chi connectivity index (χ1n) is 7.71. The minimum Gasteiger partial charge on any atom is -0.347 e. The fourth-order valence-electron chi connectivity index (χ4n) is 2.39. The number of hydrazone groups is 1. The number of hydrogen-bond acceptors (Lipinski definition) is 3. The third-order valence-electron chi connectivity index (χ3n) is 3.73. The minimum absolute atomic E-state index is 0.183. The number of hydrogen-bond donors (Lipinski definition) is 1. The highest BCUT2D eigenvalue weighted by molar-refractivity contribution is 6.40. The van der Waals surface area contributed by atoms with Crippen LogP contribution in [0.25, 0.3) is 0 Å². The van der Waals surface area contributed by atoms with Gasteiger partial charge in [0.2, 0.25) is 5.91 Å². The summed E-state index contributed by atoms with van der Waals surface area (Å²) in [5.41, 5.74) is 1.60. The fraction of sp³-hybridized carbons (Fsp3) is 0.167. The van der Waals surface area contributed by atoms with E-state index >= 15 is 0 Å². The molecular formula is C18H15ClFN3O2. The van der Waals surface area contributed by atoms with Crippen molar-refractivity contribution in [3.63, 3.8) is 0 Å².